The first kappa shape index (κ1) is 15.6. The molecule has 0 saturated heterocycles. The average Bonchev–Trinajstić information content (AvgIpc) is 2.85. The summed E-state index contributed by atoms with van der Waals surface area (Å²) in [6.45, 7) is 7.84. The minimum absolute atomic E-state index is 0.131. The predicted molar refractivity (Wildman–Crippen MR) is 79.2 cm³/mol. The molecule has 1 unspecified atom stereocenters. The van der Waals surface area contributed by atoms with Crippen LogP contribution in [-0.2, 0) is 13.0 Å². The average molecular weight is 291 g/mol. The van der Waals surface area contributed by atoms with Crippen LogP contribution in [0.3, 0.4) is 0 Å². The van der Waals surface area contributed by atoms with E-state index < -0.39 is 0 Å². The Hall–Kier alpha value is -1.82. The van der Waals surface area contributed by atoms with E-state index in [9.17, 15) is 4.39 Å². The van der Waals surface area contributed by atoms with Crippen molar-refractivity contribution in [2.45, 2.75) is 39.8 Å². The number of pyridine rings is 1. The highest BCUT2D eigenvalue weighted by molar-refractivity contribution is 5.18. The van der Waals surface area contributed by atoms with E-state index in [1.54, 1.807) is 18.6 Å². The quantitative estimate of drug-likeness (QED) is 0.851. The first-order chi connectivity index (χ1) is 10.1. The topological polar surface area (TPSA) is 55.6 Å². The molecule has 0 aromatic carbocycles. The zero-order chi connectivity index (χ0) is 15.2. The fraction of sp³-hybridized carbons (Fsp3) is 0.533. The van der Waals surface area contributed by atoms with Crippen LogP contribution in [0.1, 0.15) is 38.2 Å². The fourth-order valence-corrected chi connectivity index (χ4v) is 2.33. The molecular weight excluding hydrogens is 269 g/mol. The predicted octanol–water partition coefficient (Wildman–Crippen LogP) is 2.36. The molecule has 1 atom stereocenters. The summed E-state index contributed by atoms with van der Waals surface area (Å²) in [6.07, 6.45) is 5.02. The third kappa shape index (κ3) is 4.07. The fourth-order valence-electron chi connectivity index (χ4n) is 2.33. The van der Waals surface area contributed by atoms with Crippen LogP contribution < -0.4 is 5.32 Å². The summed E-state index contributed by atoms with van der Waals surface area (Å²) >= 11 is 0. The third-order valence-electron chi connectivity index (χ3n) is 3.25. The van der Waals surface area contributed by atoms with Gasteiger partial charge in [-0.25, -0.2) is 14.1 Å². The summed E-state index contributed by atoms with van der Waals surface area (Å²) in [5, 5.41) is 7.57. The van der Waals surface area contributed by atoms with Gasteiger partial charge >= 0.3 is 0 Å². The van der Waals surface area contributed by atoms with Gasteiger partial charge in [0.05, 0.1) is 6.20 Å². The van der Waals surface area contributed by atoms with Crippen molar-refractivity contribution >= 4 is 0 Å². The Morgan fingerprint density at radius 1 is 1.38 bits per heavy atom. The van der Waals surface area contributed by atoms with Crippen molar-refractivity contribution in [3.8, 4) is 0 Å². The highest BCUT2D eigenvalue weighted by Crippen LogP contribution is 2.20. The van der Waals surface area contributed by atoms with Gasteiger partial charge in [-0.3, -0.25) is 4.98 Å². The van der Waals surface area contributed by atoms with E-state index in [4.69, 9.17) is 0 Å². The number of hydrogen-bond acceptors (Lipinski definition) is 4. The molecule has 2 heterocycles. The third-order valence-corrected chi connectivity index (χ3v) is 3.25. The lowest BCUT2D eigenvalue weighted by molar-refractivity contribution is 0.440. The van der Waals surface area contributed by atoms with Gasteiger partial charge in [0.1, 0.15) is 18.0 Å². The zero-order valence-corrected chi connectivity index (χ0v) is 12.8. The molecule has 0 aliphatic carbocycles. The van der Waals surface area contributed by atoms with Crippen molar-refractivity contribution in [3.05, 3.63) is 42.0 Å². The molecule has 0 aliphatic heterocycles. The molecule has 0 saturated carbocycles. The largest absolute Gasteiger partial charge is 0.310 e. The van der Waals surface area contributed by atoms with Gasteiger partial charge in [-0.05, 0) is 18.5 Å². The molecule has 0 amide bonds. The first-order valence-electron chi connectivity index (χ1n) is 7.31. The number of rotatable bonds is 7. The van der Waals surface area contributed by atoms with Gasteiger partial charge in [-0.1, -0.05) is 20.8 Å². The minimum atomic E-state index is -0.293. The van der Waals surface area contributed by atoms with Crippen molar-refractivity contribution in [3.63, 3.8) is 0 Å². The van der Waals surface area contributed by atoms with Crippen molar-refractivity contribution < 1.29 is 4.39 Å². The van der Waals surface area contributed by atoms with Crippen LogP contribution in [0.25, 0.3) is 0 Å². The first-order valence-corrected chi connectivity index (χ1v) is 7.31. The highest BCUT2D eigenvalue weighted by Gasteiger charge is 2.18. The van der Waals surface area contributed by atoms with Gasteiger partial charge in [-0.2, -0.15) is 5.10 Å². The second-order valence-electron chi connectivity index (χ2n) is 5.46. The van der Waals surface area contributed by atoms with Gasteiger partial charge in [0.15, 0.2) is 0 Å². The molecule has 114 valence electrons. The monoisotopic (exact) mass is 291 g/mol. The normalized spacial score (nSPS) is 12.8. The van der Waals surface area contributed by atoms with Crippen molar-refractivity contribution in [2.24, 2.45) is 5.92 Å². The maximum atomic E-state index is 14.0. The Balaban J connectivity index is 2.21. The van der Waals surface area contributed by atoms with E-state index in [2.05, 4.69) is 34.2 Å². The summed E-state index contributed by atoms with van der Waals surface area (Å²) in [7, 11) is 0. The van der Waals surface area contributed by atoms with Crippen molar-refractivity contribution in [2.75, 3.05) is 6.54 Å². The molecule has 1 N–H and O–H groups in total. The molecule has 0 bridgehead atoms. The molecule has 6 heteroatoms. The van der Waals surface area contributed by atoms with Crippen LogP contribution in [0.15, 0.2) is 24.8 Å². The lowest BCUT2D eigenvalue weighted by atomic mass is 10.0. The van der Waals surface area contributed by atoms with E-state index in [-0.39, 0.29) is 11.9 Å². The summed E-state index contributed by atoms with van der Waals surface area (Å²) < 4.78 is 15.9. The standard InChI is InChI=1S/C15H22FN5/c1-4-18-14(12-5-6-17-8-13(12)16)7-15-19-10-20-21(15)9-11(2)3/h5-6,8,10-11,14,18H,4,7,9H2,1-3H3. The Kier molecular flexibility index (Phi) is 5.38. The molecule has 5 nitrogen and oxygen atoms in total. The lowest BCUT2D eigenvalue weighted by Gasteiger charge is -2.19. The van der Waals surface area contributed by atoms with Crippen LogP contribution in [-0.4, -0.2) is 26.3 Å². The molecule has 0 fully saturated rings. The van der Waals surface area contributed by atoms with Crippen LogP contribution >= 0.6 is 0 Å². The van der Waals surface area contributed by atoms with E-state index in [0.717, 1.165) is 18.9 Å². The van der Waals surface area contributed by atoms with Crippen LogP contribution in [0, 0.1) is 11.7 Å². The number of nitrogens with one attached hydrogen (secondary N) is 1. The Morgan fingerprint density at radius 2 is 2.19 bits per heavy atom. The van der Waals surface area contributed by atoms with Gasteiger partial charge in [0, 0.05) is 30.8 Å². The summed E-state index contributed by atoms with van der Waals surface area (Å²) in [5.41, 5.74) is 0.617. The molecule has 0 aliphatic rings. The van der Waals surface area contributed by atoms with Gasteiger partial charge in [0.2, 0.25) is 0 Å². The lowest BCUT2D eigenvalue weighted by Crippen LogP contribution is -2.26. The summed E-state index contributed by atoms with van der Waals surface area (Å²) in [6, 6.07) is 1.58. The number of aromatic nitrogens is 4. The summed E-state index contributed by atoms with van der Waals surface area (Å²) in [5.74, 6) is 1.06. The molecule has 21 heavy (non-hydrogen) atoms. The SMILES string of the molecule is CCNC(Cc1ncnn1CC(C)C)c1ccncc1F. The minimum Gasteiger partial charge on any atom is -0.310 e. The second-order valence-corrected chi connectivity index (χ2v) is 5.46. The molecule has 0 radical (unpaired) electrons. The number of nitrogens with zero attached hydrogens (tertiary/aromatic N) is 4. The molecule has 2 aromatic rings. The van der Waals surface area contributed by atoms with E-state index in [1.807, 2.05) is 11.6 Å². The zero-order valence-electron chi connectivity index (χ0n) is 12.8. The molecule has 0 spiro atoms. The van der Waals surface area contributed by atoms with Crippen LogP contribution in [0.2, 0.25) is 0 Å². The maximum Gasteiger partial charge on any atom is 0.146 e. The molecule has 2 rings (SSSR count). The molecule has 2 aromatic heterocycles. The highest BCUT2D eigenvalue weighted by atomic mass is 19.1. The smallest absolute Gasteiger partial charge is 0.146 e. The van der Waals surface area contributed by atoms with E-state index >= 15 is 0 Å². The maximum absolute atomic E-state index is 14.0. The Morgan fingerprint density at radius 3 is 2.86 bits per heavy atom. The van der Waals surface area contributed by atoms with E-state index in [1.165, 1.54) is 6.20 Å². The summed E-state index contributed by atoms with van der Waals surface area (Å²) in [4.78, 5) is 8.13. The molecular formula is C15H22FN5. The van der Waals surface area contributed by atoms with Crippen molar-refractivity contribution in [1.29, 1.82) is 0 Å². The Bertz CT molecular complexity index is 567. The number of likely N-dealkylation sites (N-methyl/N-ethyl adjacent to an activating group) is 1. The number of halogens is 1. The van der Waals surface area contributed by atoms with Gasteiger partial charge < -0.3 is 5.32 Å². The second kappa shape index (κ2) is 7.26. The van der Waals surface area contributed by atoms with Gasteiger partial charge in [0.25, 0.3) is 0 Å². The van der Waals surface area contributed by atoms with Gasteiger partial charge in [-0.15, -0.1) is 0 Å². The number of hydrogen-bond donors (Lipinski definition) is 1. The van der Waals surface area contributed by atoms with Crippen LogP contribution in [0.5, 0.6) is 0 Å². The van der Waals surface area contributed by atoms with Crippen molar-refractivity contribution in [1.82, 2.24) is 25.1 Å². The Labute approximate surface area is 124 Å². The van der Waals surface area contributed by atoms with Crippen LogP contribution in [0.4, 0.5) is 4.39 Å². The van der Waals surface area contributed by atoms with E-state index in [0.29, 0.717) is 17.9 Å².